The fourth-order valence-electron chi connectivity index (χ4n) is 1.12. The predicted molar refractivity (Wildman–Crippen MR) is 40.8 cm³/mol. The highest BCUT2D eigenvalue weighted by Gasteiger charge is 2.19. The molecular formula is C7H14N2O2. The molecule has 0 spiro atoms. The summed E-state index contributed by atoms with van der Waals surface area (Å²) in [4.78, 5) is 15.5. The van der Waals surface area contributed by atoms with Gasteiger partial charge in [0.2, 0.25) is 0 Å². The lowest BCUT2D eigenvalue weighted by Crippen LogP contribution is -2.50. The van der Waals surface area contributed by atoms with Gasteiger partial charge in [-0.2, -0.15) is 0 Å². The summed E-state index contributed by atoms with van der Waals surface area (Å²) in [5.74, 6) is -0.237. The minimum Gasteiger partial charge on any atom is -0.368 e. The van der Waals surface area contributed by atoms with Crippen LogP contribution in [0.1, 0.15) is 13.8 Å². The first-order valence-corrected chi connectivity index (χ1v) is 3.86. The van der Waals surface area contributed by atoms with Gasteiger partial charge in [0.05, 0.1) is 6.04 Å². The van der Waals surface area contributed by atoms with Crippen LogP contribution in [0.25, 0.3) is 0 Å². The van der Waals surface area contributed by atoms with Crippen LogP contribution in [0.5, 0.6) is 0 Å². The van der Waals surface area contributed by atoms with Crippen LogP contribution >= 0.6 is 0 Å². The van der Waals surface area contributed by atoms with Crippen LogP contribution in [0.2, 0.25) is 0 Å². The Kier molecular flexibility index (Phi) is 2.84. The molecule has 0 aromatic rings. The van der Waals surface area contributed by atoms with Crippen LogP contribution < -0.4 is 5.32 Å². The Hall–Kier alpha value is -0.610. The number of hydroxylamine groups is 2. The van der Waals surface area contributed by atoms with Gasteiger partial charge in [0.15, 0.2) is 0 Å². The minimum atomic E-state index is -0.237. The molecule has 4 heteroatoms. The van der Waals surface area contributed by atoms with Crippen molar-refractivity contribution in [1.29, 1.82) is 0 Å². The molecule has 0 aromatic carbocycles. The number of nitrogens with one attached hydrogen (secondary N) is 1. The minimum absolute atomic E-state index is 0.237. The van der Waals surface area contributed by atoms with Crippen molar-refractivity contribution in [2.24, 2.45) is 0 Å². The van der Waals surface area contributed by atoms with E-state index in [1.54, 1.807) is 5.06 Å². The number of hydrogen-bond donors (Lipinski definition) is 1. The number of nitrogens with zero attached hydrogens (tertiary/aromatic N) is 1. The first-order valence-electron chi connectivity index (χ1n) is 3.86. The topological polar surface area (TPSA) is 41.6 Å². The zero-order valence-electron chi connectivity index (χ0n) is 6.96. The van der Waals surface area contributed by atoms with Crippen LogP contribution in [0.15, 0.2) is 0 Å². The molecule has 64 valence electrons. The molecule has 0 aliphatic carbocycles. The van der Waals surface area contributed by atoms with E-state index in [1.165, 1.54) is 6.92 Å². The lowest BCUT2D eigenvalue weighted by atomic mass is 10.3. The van der Waals surface area contributed by atoms with Crippen molar-refractivity contribution in [2.75, 3.05) is 19.6 Å². The summed E-state index contributed by atoms with van der Waals surface area (Å²) >= 11 is 0. The lowest BCUT2D eigenvalue weighted by molar-refractivity contribution is -0.201. The Bertz CT molecular complexity index is 149. The van der Waals surface area contributed by atoms with Crippen molar-refractivity contribution in [1.82, 2.24) is 10.4 Å². The molecule has 1 unspecified atom stereocenters. The van der Waals surface area contributed by atoms with E-state index in [-0.39, 0.29) is 12.0 Å². The van der Waals surface area contributed by atoms with Gasteiger partial charge in [-0.15, -0.1) is 5.06 Å². The molecule has 1 atom stereocenters. The van der Waals surface area contributed by atoms with Gasteiger partial charge >= 0.3 is 5.97 Å². The van der Waals surface area contributed by atoms with Crippen molar-refractivity contribution in [3.63, 3.8) is 0 Å². The molecule has 1 aliphatic heterocycles. The van der Waals surface area contributed by atoms with Crippen LogP contribution in [0.4, 0.5) is 0 Å². The maximum absolute atomic E-state index is 10.6. The molecule has 1 rings (SSSR count). The summed E-state index contributed by atoms with van der Waals surface area (Å²) in [6.07, 6.45) is 0. The number of piperazine rings is 1. The Balaban J connectivity index is 2.35. The van der Waals surface area contributed by atoms with E-state index in [4.69, 9.17) is 4.84 Å². The van der Waals surface area contributed by atoms with E-state index < -0.39 is 0 Å². The summed E-state index contributed by atoms with van der Waals surface area (Å²) < 4.78 is 0. The maximum Gasteiger partial charge on any atom is 0.322 e. The quantitative estimate of drug-likeness (QED) is 0.572. The molecule has 1 saturated heterocycles. The zero-order chi connectivity index (χ0) is 8.27. The van der Waals surface area contributed by atoms with Crippen molar-refractivity contribution in [3.05, 3.63) is 0 Å². The Morgan fingerprint density at radius 3 is 3.00 bits per heavy atom. The standard InChI is InChI=1S/C7H14N2O2/c1-6-5-8-3-4-9(6)11-7(2)10/h6,8H,3-5H2,1-2H3. The highest BCUT2D eigenvalue weighted by molar-refractivity contribution is 5.65. The Morgan fingerprint density at radius 2 is 2.45 bits per heavy atom. The highest BCUT2D eigenvalue weighted by Crippen LogP contribution is 2.02. The predicted octanol–water partition coefficient (Wildman–Crippen LogP) is -0.242. The Labute approximate surface area is 66.5 Å². The summed E-state index contributed by atoms with van der Waals surface area (Å²) in [6, 6.07) is 0.285. The SMILES string of the molecule is CC(=O)ON1CCNCC1C. The van der Waals surface area contributed by atoms with E-state index in [1.807, 2.05) is 6.92 Å². The molecule has 1 fully saturated rings. The van der Waals surface area contributed by atoms with Crippen LogP contribution in [0.3, 0.4) is 0 Å². The summed E-state index contributed by atoms with van der Waals surface area (Å²) in [5.41, 5.74) is 0. The molecule has 11 heavy (non-hydrogen) atoms. The number of carbonyl (C=O) groups is 1. The second-order valence-electron chi connectivity index (χ2n) is 2.78. The first-order chi connectivity index (χ1) is 5.20. The smallest absolute Gasteiger partial charge is 0.322 e. The zero-order valence-corrected chi connectivity index (χ0v) is 6.96. The summed E-state index contributed by atoms with van der Waals surface area (Å²) in [6.45, 7) is 6.00. The molecule has 0 aromatic heterocycles. The van der Waals surface area contributed by atoms with E-state index in [0.29, 0.717) is 0 Å². The number of carbonyl (C=O) groups excluding carboxylic acids is 1. The van der Waals surface area contributed by atoms with Gasteiger partial charge in [0.25, 0.3) is 0 Å². The maximum atomic E-state index is 10.6. The average molecular weight is 158 g/mol. The van der Waals surface area contributed by atoms with Crippen molar-refractivity contribution >= 4 is 5.97 Å². The van der Waals surface area contributed by atoms with Crippen molar-refractivity contribution < 1.29 is 9.63 Å². The van der Waals surface area contributed by atoms with Crippen molar-refractivity contribution in [3.8, 4) is 0 Å². The van der Waals surface area contributed by atoms with Gasteiger partial charge < -0.3 is 10.2 Å². The van der Waals surface area contributed by atoms with Gasteiger partial charge in [0, 0.05) is 26.6 Å². The molecular weight excluding hydrogens is 144 g/mol. The molecule has 4 nitrogen and oxygen atoms in total. The normalized spacial score (nSPS) is 26.5. The van der Waals surface area contributed by atoms with E-state index in [2.05, 4.69) is 5.32 Å². The first kappa shape index (κ1) is 8.49. The second kappa shape index (κ2) is 3.69. The van der Waals surface area contributed by atoms with Crippen LogP contribution in [-0.4, -0.2) is 36.7 Å². The van der Waals surface area contributed by atoms with Crippen LogP contribution in [-0.2, 0) is 9.63 Å². The fourth-order valence-corrected chi connectivity index (χ4v) is 1.12. The molecule has 0 amide bonds. The second-order valence-corrected chi connectivity index (χ2v) is 2.78. The molecule has 0 radical (unpaired) electrons. The molecule has 0 saturated carbocycles. The third kappa shape index (κ3) is 2.48. The third-order valence-corrected chi connectivity index (χ3v) is 1.69. The van der Waals surface area contributed by atoms with Crippen LogP contribution in [0, 0.1) is 0 Å². The molecule has 1 heterocycles. The largest absolute Gasteiger partial charge is 0.368 e. The average Bonchev–Trinajstić information content (AvgIpc) is 1.93. The van der Waals surface area contributed by atoms with E-state index in [9.17, 15) is 4.79 Å². The summed E-state index contributed by atoms with van der Waals surface area (Å²) in [7, 11) is 0. The molecule has 0 bridgehead atoms. The van der Waals surface area contributed by atoms with Crippen molar-refractivity contribution in [2.45, 2.75) is 19.9 Å². The Morgan fingerprint density at radius 1 is 1.73 bits per heavy atom. The van der Waals surface area contributed by atoms with Gasteiger partial charge in [-0.3, -0.25) is 4.79 Å². The fraction of sp³-hybridized carbons (Fsp3) is 0.857. The molecule has 1 aliphatic rings. The van der Waals surface area contributed by atoms with Gasteiger partial charge in [0.1, 0.15) is 0 Å². The van der Waals surface area contributed by atoms with Gasteiger partial charge in [-0.25, -0.2) is 0 Å². The third-order valence-electron chi connectivity index (χ3n) is 1.69. The van der Waals surface area contributed by atoms with E-state index >= 15 is 0 Å². The number of rotatable bonds is 1. The highest BCUT2D eigenvalue weighted by atomic mass is 16.7. The summed E-state index contributed by atoms with van der Waals surface area (Å²) in [5, 5.41) is 4.93. The number of hydrogen-bond acceptors (Lipinski definition) is 4. The molecule has 1 N–H and O–H groups in total. The van der Waals surface area contributed by atoms with E-state index in [0.717, 1.165) is 19.6 Å². The van der Waals surface area contributed by atoms with Gasteiger partial charge in [-0.1, -0.05) is 0 Å². The lowest BCUT2D eigenvalue weighted by Gasteiger charge is -2.31. The van der Waals surface area contributed by atoms with Gasteiger partial charge in [-0.05, 0) is 6.92 Å². The monoisotopic (exact) mass is 158 g/mol.